The van der Waals surface area contributed by atoms with E-state index in [0.717, 1.165) is 17.8 Å². The second-order valence-electron chi connectivity index (χ2n) is 4.38. The summed E-state index contributed by atoms with van der Waals surface area (Å²) in [6.07, 6.45) is 2.64. The summed E-state index contributed by atoms with van der Waals surface area (Å²) < 4.78 is 0. The molecule has 1 aromatic carbocycles. The summed E-state index contributed by atoms with van der Waals surface area (Å²) in [5.41, 5.74) is 2.06. The summed E-state index contributed by atoms with van der Waals surface area (Å²) >= 11 is 0. The van der Waals surface area contributed by atoms with Crippen molar-refractivity contribution in [1.82, 2.24) is 15.1 Å². The average Bonchev–Trinajstić information content (AvgIpc) is 2.82. The Hall–Kier alpha value is -1.48. The maximum atomic E-state index is 4.28. The second-order valence-corrected chi connectivity index (χ2v) is 4.38. The fourth-order valence-electron chi connectivity index (χ4n) is 2.27. The largest absolute Gasteiger partial charge is 0.297 e. The number of likely N-dealkylation sites (tertiary alicyclic amines) is 1. The van der Waals surface area contributed by atoms with Crippen LogP contribution < -0.4 is 0 Å². The summed E-state index contributed by atoms with van der Waals surface area (Å²) in [5, 5.41) is 9.71. The van der Waals surface area contributed by atoms with Crippen LogP contribution >= 0.6 is 0 Å². The van der Waals surface area contributed by atoms with E-state index in [-0.39, 0.29) is 0 Å². The van der Waals surface area contributed by atoms with Gasteiger partial charge in [0.2, 0.25) is 0 Å². The summed E-state index contributed by atoms with van der Waals surface area (Å²) in [6.45, 7) is 3.35. The molecule has 1 fully saturated rings. The monoisotopic (exact) mass is 213 g/mol. The number of rotatable bonds is 2. The first-order chi connectivity index (χ1) is 7.92. The van der Waals surface area contributed by atoms with Gasteiger partial charge in [0, 0.05) is 11.9 Å². The molecule has 1 aliphatic heterocycles. The fourth-order valence-corrected chi connectivity index (χ4v) is 2.27. The van der Waals surface area contributed by atoms with Crippen LogP contribution in [0, 0.1) is 0 Å². The van der Waals surface area contributed by atoms with Crippen LogP contribution in [0.1, 0.15) is 18.5 Å². The van der Waals surface area contributed by atoms with Gasteiger partial charge in [0.1, 0.15) is 0 Å². The van der Waals surface area contributed by atoms with Crippen LogP contribution in [0.25, 0.3) is 10.9 Å². The number of hydrogen-bond donors (Lipinski definition) is 0. The van der Waals surface area contributed by atoms with Gasteiger partial charge in [0.05, 0.1) is 11.2 Å². The quantitative estimate of drug-likeness (QED) is 0.766. The van der Waals surface area contributed by atoms with Crippen LogP contribution in [-0.2, 0) is 6.54 Å². The Kier molecular flexibility index (Phi) is 2.54. The summed E-state index contributed by atoms with van der Waals surface area (Å²) in [7, 11) is 0. The molecule has 2 heterocycles. The predicted molar refractivity (Wildman–Crippen MR) is 64.0 cm³/mol. The molecule has 0 saturated carbocycles. The molecule has 0 spiro atoms. The molecule has 82 valence electrons. The van der Waals surface area contributed by atoms with Crippen molar-refractivity contribution in [3.63, 3.8) is 0 Å². The molecule has 0 aliphatic carbocycles. The predicted octanol–water partition coefficient (Wildman–Crippen LogP) is 2.23. The first-order valence-electron chi connectivity index (χ1n) is 5.85. The zero-order valence-electron chi connectivity index (χ0n) is 9.26. The van der Waals surface area contributed by atoms with Crippen molar-refractivity contribution in [2.24, 2.45) is 0 Å². The van der Waals surface area contributed by atoms with Gasteiger partial charge in [0.25, 0.3) is 0 Å². The van der Waals surface area contributed by atoms with Gasteiger partial charge in [-0.05, 0) is 38.1 Å². The van der Waals surface area contributed by atoms with Crippen molar-refractivity contribution in [2.45, 2.75) is 19.4 Å². The maximum Gasteiger partial charge on any atom is 0.0929 e. The van der Waals surface area contributed by atoms with Crippen molar-refractivity contribution in [3.05, 3.63) is 36.0 Å². The molecule has 0 amide bonds. The Morgan fingerprint density at radius 3 is 2.75 bits per heavy atom. The smallest absolute Gasteiger partial charge is 0.0929 e. The van der Waals surface area contributed by atoms with Crippen LogP contribution in [-0.4, -0.2) is 28.2 Å². The van der Waals surface area contributed by atoms with Gasteiger partial charge in [-0.1, -0.05) is 18.2 Å². The van der Waals surface area contributed by atoms with E-state index in [2.05, 4.69) is 27.2 Å². The molecule has 0 unspecified atom stereocenters. The first kappa shape index (κ1) is 9.73. The standard InChI is InChI=1S/C13H15N3/c1-2-6-13-11(5-1)9-12(14-15-13)10-16-7-3-4-8-16/h1-2,5-6,9H,3-4,7-8,10H2. The van der Waals surface area contributed by atoms with E-state index in [1.807, 2.05) is 18.2 Å². The van der Waals surface area contributed by atoms with E-state index in [1.54, 1.807) is 0 Å². The molecule has 0 N–H and O–H groups in total. The van der Waals surface area contributed by atoms with Crippen LogP contribution in [0.4, 0.5) is 0 Å². The van der Waals surface area contributed by atoms with Gasteiger partial charge in [-0.15, -0.1) is 0 Å². The van der Waals surface area contributed by atoms with E-state index in [0.29, 0.717) is 0 Å². The maximum absolute atomic E-state index is 4.28. The Morgan fingerprint density at radius 1 is 1.06 bits per heavy atom. The second kappa shape index (κ2) is 4.18. The molecule has 3 nitrogen and oxygen atoms in total. The number of fused-ring (bicyclic) bond motifs is 1. The molecule has 0 atom stereocenters. The Labute approximate surface area is 95.1 Å². The van der Waals surface area contributed by atoms with Crippen molar-refractivity contribution in [3.8, 4) is 0 Å². The lowest BCUT2D eigenvalue weighted by atomic mass is 10.2. The summed E-state index contributed by atoms with van der Waals surface area (Å²) in [6, 6.07) is 10.3. The Morgan fingerprint density at radius 2 is 1.88 bits per heavy atom. The SMILES string of the molecule is c1ccc2nnc(CN3CCCC3)cc2c1. The molecule has 1 aliphatic rings. The van der Waals surface area contributed by atoms with E-state index in [9.17, 15) is 0 Å². The van der Waals surface area contributed by atoms with E-state index < -0.39 is 0 Å². The minimum absolute atomic E-state index is 0.942. The highest BCUT2D eigenvalue weighted by Crippen LogP contribution is 2.14. The van der Waals surface area contributed by atoms with Crippen molar-refractivity contribution in [2.75, 3.05) is 13.1 Å². The highest BCUT2D eigenvalue weighted by atomic mass is 15.2. The molecule has 3 heteroatoms. The van der Waals surface area contributed by atoms with Crippen LogP contribution in [0.5, 0.6) is 0 Å². The van der Waals surface area contributed by atoms with Gasteiger partial charge in [-0.2, -0.15) is 10.2 Å². The van der Waals surface area contributed by atoms with E-state index >= 15 is 0 Å². The Balaban J connectivity index is 1.86. The highest BCUT2D eigenvalue weighted by Gasteiger charge is 2.12. The molecular weight excluding hydrogens is 198 g/mol. The minimum Gasteiger partial charge on any atom is -0.297 e. The lowest BCUT2D eigenvalue weighted by Crippen LogP contribution is -2.19. The molecule has 1 saturated heterocycles. The van der Waals surface area contributed by atoms with E-state index in [1.165, 1.54) is 31.3 Å². The van der Waals surface area contributed by atoms with Crippen LogP contribution in [0.3, 0.4) is 0 Å². The molecule has 3 rings (SSSR count). The van der Waals surface area contributed by atoms with Gasteiger partial charge in [-0.25, -0.2) is 0 Å². The number of aromatic nitrogens is 2. The van der Waals surface area contributed by atoms with Crippen molar-refractivity contribution >= 4 is 10.9 Å². The van der Waals surface area contributed by atoms with Crippen molar-refractivity contribution in [1.29, 1.82) is 0 Å². The minimum atomic E-state index is 0.942. The Bertz CT molecular complexity index is 489. The average molecular weight is 213 g/mol. The zero-order valence-corrected chi connectivity index (χ0v) is 9.26. The van der Waals surface area contributed by atoms with Gasteiger partial charge < -0.3 is 0 Å². The molecule has 1 aromatic heterocycles. The number of hydrogen-bond acceptors (Lipinski definition) is 3. The number of benzene rings is 1. The molecule has 16 heavy (non-hydrogen) atoms. The van der Waals surface area contributed by atoms with Gasteiger partial charge in [0.15, 0.2) is 0 Å². The topological polar surface area (TPSA) is 29.0 Å². The summed E-state index contributed by atoms with van der Waals surface area (Å²) in [4.78, 5) is 2.44. The number of nitrogens with zero attached hydrogens (tertiary/aromatic N) is 3. The van der Waals surface area contributed by atoms with E-state index in [4.69, 9.17) is 0 Å². The van der Waals surface area contributed by atoms with Crippen molar-refractivity contribution < 1.29 is 0 Å². The zero-order chi connectivity index (χ0) is 10.8. The van der Waals surface area contributed by atoms with Crippen LogP contribution in [0.2, 0.25) is 0 Å². The van der Waals surface area contributed by atoms with Gasteiger partial charge in [-0.3, -0.25) is 4.90 Å². The molecule has 2 aromatic rings. The third kappa shape index (κ3) is 1.91. The van der Waals surface area contributed by atoms with Gasteiger partial charge >= 0.3 is 0 Å². The van der Waals surface area contributed by atoms with Crippen LogP contribution in [0.15, 0.2) is 30.3 Å². The highest BCUT2D eigenvalue weighted by molar-refractivity contribution is 5.77. The first-order valence-corrected chi connectivity index (χ1v) is 5.85. The summed E-state index contributed by atoms with van der Waals surface area (Å²) in [5.74, 6) is 0. The third-order valence-electron chi connectivity index (χ3n) is 3.13. The third-order valence-corrected chi connectivity index (χ3v) is 3.13. The fraction of sp³-hybridized carbons (Fsp3) is 0.385. The molecular formula is C13H15N3. The normalized spacial score (nSPS) is 17.0. The molecule has 0 bridgehead atoms. The lowest BCUT2D eigenvalue weighted by molar-refractivity contribution is 0.326. The lowest BCUT2D eigenvalue weighted by Gasteiger charge is -2.13. The molecule has 0 radical (unpaired) electrons.